The third-order valence-electron chi connectivity index (χ3n) is 14.6. The molecule has 0 spiro atoms. The molecule has 13 rings (SSSR count). The van der Waals surface area contributed by atoms with Crippen LogP contribution in [0.1, 0.15) is 25.0 Å². The van der Waals surface area contributed by atoms with Crippen LogP contribution in [-0.4, -0.2) is 4.57 Å². The van der Waals surface area contributed by atoms with Crippen molar-refractivity contribution in [3.63, 3.8) is 0 Å². The number of hydrogen-bond acceptors (Lipinski definition) is 1. The SMILES string of the molecule is CC1(C)c2ccccc2-c2ccc(-c3ccc(N(c4cccc(-c5cccc6c5c5ccccc5n6-c5ccccc5)c4)c4ccccc4-c4cccc5cccc(-c6ccccc6)c45)cc3)cc21. The van der Waals surface area contributed by atoms with E-state index in [4.69, 9.17) is 0 Å². The molecule has 1 aliphatic rings. The predicted molar refractivity (Wildman–Crippen MR) is 292 cm³/mol. The van der Waals surface area contributed by atoms with Gasteiger partial charge in [-0.3, -0.25) is 0 Å². The van der Waals surface area contributed by atoms with E-state index >= 15 is 0 Å². The molecule has 1 aromatic heterocycles. The molecule has 2 heteroatoms. The zero-order valence-corrected chi connectivity index (χ0v) is 38.6. The molecule has 1 aliphatic carbocycles. The van der Waals surface area contributed by atoms with Gasteiger partial charge in [-0.1, -0.05) is 208 Å². The number of para-hydroxylation sites is 3. The predicted octanol–water partition coefficient (Wildman–Crippen LogP) is 18.4. The minimum absolute atomic E-state index is 0.0732. The van der Waals surface area contributed by atoms with Crippen molar-refractivity contribution in [2.24, 2.45) is 0 Å². The Kier molecular flexibility index (Phi) is 9.55. The fourth-order valence-electron chi connectivity index (χ4n) is 11.4. The van der Waals surface area contributed by atoms with Crippen LogP contribution in [0.5, 0.6) is 0 Å². The first-order chi connectivity index (χ1) is 34.0. The van der Waals surface area contributed by atoms with E-state index < -0.39 is 0 Å². The molecule has 0 fully saturated rings. The summed E-state index contributed by atoms with van der Waals surface area (Å²) in [4.78, 5) is 2.46. The summed E-state index contributed by atoms with van der Waals surface area (Å²) >= 11 is 0. The summed E-state index contributed by atoms with van der Waals surface area (Å²) in [6.45, 7) is 4.71. The highest BCUT2D eigenvalue weighted by Gasteiger charge is 2.35. The van der Waals surface area contributed by atoms with Crippen LogP contribution in [0.25, 0.3) is 93.9 Å². The number of nitrogens with zero attached hydrogens (tertiary/aromatic N) is 2. The monoisotopic (exact) mass is 880 g/mol. The molecule has 12 aromatic rings. The number of anilines is 3. The van der Waals surface area contributed by atoms with Crippen molar-refractivity contribution in [1.29, 1.82) is 0 Å². The molecule has 69 heavy (non-hydrogen) atoms. The molecule has 1 heterocycles. The van der Waals surface area contributed by atoms with Crippen molar-refractivity contribution < 1.29 is 0 Å². The summed E-state index contributed by atoms with van der Waals surface area (Å²) in [5.41, 5.74) is 21.7. The van der Waals surface area contributed by atoms with Crippen molar-refractivity contribution in [3.05, 3.63) is 266 Å². The third kappa shape index (κ3) is 6.63. The zero-order valence-electron chi connectivity index (χ0n) is 38.6. The lowest BCUT2D eigenvalue weighted by atomic mass is 9.81. The number of rotatable bonds is 8. The highest BCUT2D eigenvalue weighted by molar-refractivity contribution is 6.16. The smallest absolute Gasteiger partial charge is 0.0547 e. The van der Waals surface area contributed by atoms with Crippen LogP contribution in [-0.2, 0) is 5.41 Å². The molecule has 0 aliphatic heterocycles. The quantitative estimate of drug-likeness (QED) is 0.148. The minimum atomic E-state index is -0.0732. The highest BCUT2D eigenvalue weighted by Crippen LogP contribution is 2.51. The molecular weight excluding hydrogens is 833 g/mol. The average Bonchev–Trinajstić information content (AvgIpc) is 3.87. The van der Waals surface area contributed by atoms with E-state index in [2.05, 4.69) is 278 Å². The molecule has 0 saturated carbocycles. The second kappa shape index (κ2) is 16.3. The lowest BCUT2D eigenvalue weighted by Gasteiger charge is -2.29. The van der Waals surface area contributed by atoms with Crippen molar-refractivity contribution in [3.8, 4) is 61.3 Å². The summed E-state index contributed by atoms with van der Waals surface area (Å²) in [6.07, 6.45) is 0. The molecule has 11 aromatic carbocycles. The van der Waals surface area contributed by atoms with Gasteiger partial charge in [0.1, 0.15) is 0 Å². The molecule has 0 N–H and O–H groups in total. The Bertz CT molecular complexity index is 3910. The molecule has 2 nitrogen and oxygen atoms in total. The Morgan fingerprint density at radius 2 is 0.913 bits per heavy atom. The topological polar surface area (TPSA) is 8.17 Å². The summed E-state index contributed by atoms with van der Waals surface area (Å²) in [5.74, 6) is 0. The van der Waals surface area contributed by atoms with E-state index in [9.17, 15) is 0 Å². The largest absolute Gasteiger partial charge is 0.310 e. The summed E-state index contributed by atoms with van der Waals surface area (Å²) in [6, 6.07) is 93.7. The van der Waals surface area contributed by atoms with E-state index in [1.54, 1.807) is 0 Å². The molecule has 0 bridgehead atoms. The minimum Gasteiger partial charge on any atom is -0.310 e. The molecular formula is C67H48N2. The first kappa shape index (κ1) is 40.5. The summed E-state index contributed by atoms with van der Waals surface area (Å²) in [5, 5.41) is 4.94. The van der Waals surface area contributed by atoms with Crippen LogP contribution in [0.4, 0.5) is 17.1 Å². The lowest BCUT2D eigenvalue weighted by Crippen LogP contribution is -2.14. The van der Waals surface area contributed by atoms with E-state index in [1.807, 2.05) is 0 Å². The van der Waals surface area contributed by atoms with E-state index in [1.165, 1.54) is 88.2 Å². The lowest BCUT2D eigenvalue weighted by molar-refractivity contribution is 0.660. The maximum Gasteiger partial charge on any atom is 0.0547 e. The van der Waals surface area contributed by atoms with Crippen LogP contribution in [0.15, 0.2) is 255 Å². The number of fused-ring (bicyclic) bond motifs is 7. The third-order valence-corrected chi connectivity index (χ3v) is 14.6. The standard InChI is InChI=1S/C67H48N2/c1-67(2)60-33-12-9-27-55(60)56-42-39-48(44-61(56)67)45-37-40-51(41-38-45)68(62-34-13-10-28-57(62)58-32-17-22-47-21-16-30-53(65(47)58)46-19-5-3-6-20-46)52-26-15-23-49(43-52)54-31-18-36-64-66(54)59-29-11-14-35-63(59)69(64)50-24-7-4-8-25-50/h3-44H,1-2H3. The summed E-state index contributed by atoms with van der Waals surface area (Å²) < 4.78 is 2.40. The maximum atomic E-state index is 2.46. The second-order valence-electron chi connectivity index (χ2n) is 18.8. The van der Waals surface area contributed by atoms with E-state index in [0.717, 1.165) is 33.9 Å². The highest BCUT2D eigenvalue weighted by atomic mass is 15.1. The Morgan fingerprint density at radius 3 is 1.72 bits per heavy atom. The Balaban J connectivity index is 0.997. The first-order valence-corrected chi connectivity index (χ1v) is 24.0. The van der Waals surface area contributed by atoms with Crippen LogP contribution in [0, 0.1) is 0 Å². The van der Waals surface area contributed by atoms with Crippen LogP contribution in [0.3, 0.4) is 0 Å². The first-order valence-electron chi connectivity index (χ1n) is 24.0. The van der Waals surface area contributed by atoms with Crippen LogP contribution >= 0.6 is 0 Å². The van der Waals surface area contributed by atoms with Gasteiger partial charge in [-0.05, 0) is 133 Å². The van der Waals surface area contributed by atoms with Gasteiger partial charge in [-0.25, -0.2) is 0 Å². The van der Waals surface area contributed by atoms with Gasteiger partial charge < -0.3 is 9.47 Å². The fourth-order valence-corrected chi connectivity index (χ4v) is 11.4. The van der Waals surface area contributed by atoms with Gasteiger partial charge in [0.05, 0.1) is 16.7 Å². The van der Waals surface area contributed by atoms with Crippen LogP contribution in [0.2, 0.25) is 0 Å². The van der Waals surface area contributed by atoms with Gasteiger partial charge in [0, 0.05) is 38.8 Å². The van der Waals surface area contributed by atoms with Crippen molar-refractivity contribution in [2.75, 3.05) is 4.90 Å². The van der Waals surface area contributed by atoms with Gasteiger partial charge in [-0.2, -0.15) is 0 Å². The Hall–Kier alpha value is -8.72. The van der Waals surface area contributed by atoms with Crippen molar-refractivity contribution in [2.45, 2.75) is 19.3 Å². The maximum absolute atomic E-state index is 2.46. The molecule has 0 radical (unpaired) electrons. The zero-order chi connectivity index (χ0) is 46.1. The normalized spacial score (nSPS) is 12.6. The molecule has 0 amide bonds. The van der Waals surface area contributed by atoms with Crippen molar-refractivity contribution in [1.82, 2.24) is 4.57 Å². The van der Waals surface area contributed by atoms with Gasteiger partial charge in [-0.15, -0.1) is 0 Å². The number of hydrogen-bond donors (Lipinski definition) is 0. The number of benzene rings is 11. The molecule has 326 valence electrons. The molecule has 0 saturated heterocycles. The fraction of sp³-hybridized carbons (Fsp3) is 0.0448. The van der Waals surface area contributed by atoms with Crippen molar-refractivity contribution >= 4 is 49.6 Å². The van der Waals surface area contributed by atoms with Gasteiger partial charge >= 0.3 is 0 Å². The second-order valence-corrected chi connectivity index (χ2v) is 18.8. The Labute approximate surface area is 403 Å². The number of aromatic nitrogens is 1. The molecule has 0 atom stereocenters. The Morgan fingerprint density at radius 1 is 0.333 bits per heavy atom. The van der Waals surface area contributed by atoms with Gasteiger partial charge in [0.2, 0.25) is 0 Å². The summed E-state index contributed by atoms with van der Waals surface area (Å²) in [7, 11) is 0. The van der Waals surface area contributed by atoms with E-state index in [-0.39, 0.29) is 5.41 Å². The van der Waals surface area contributed by atoms with Gasteiger partial charge in [0.25, 0.3) is 0 Å². The van der Waals surface area contributed by atoms with Crippen LogP contribution < -0.4 is 4.90 Å². The average molecular weight is 881 g/mol. The van der Waals surface area contributed by atoms with Gasteiger partial charge in [0.15, 0.2) is 0 Å². The van der Waals surface area contributed by atoms with E-state index in [0.29, 0.717) is 0 Å². The molecule has 0 unspecified atom stereocenters.